The molecule has 1 heterocycles. The van der Waals surface area contributed by atoms with E-state index >= 15 is 0 Å². The molecule has 0 aliphatic heterocycles. The fourth-order valence-corrected chi connectivity index (χ4v) is 3.50. The van der Waals surface area contributed by atoms with Gasteiger partial charge in [-0.15, -0.1) is 13.2 Å². The first-order valence-electron chi connectivity index (χ1n) is 9.18. The smallest absolute Gasteiger partial charge is 0.428 e. The molecule has 0 unspecified atom stereocenters. The molecule has 1 N–H and O–H groups in total. The van der Waals surface area contributed by atoms with Crippen molar-refractivity contribution in [3.8, 4) is 17.0 Å². The fraction of sp³-hybridized carbons (Fsp3) is 0.0870. The molecule has 0 bridgehead atoms. The summed E-state index contributed by atoms with van der Waals surface area (Å²) in [6.45, 7) is 0. The first-order valence-corrected chi connectivity index (χ1v) is 9.56. The number of benzene rings is 3. The number of nitrogens with zero attached hydrogens (tertiary/aromatic N) is 1. The van der Waals surface area contributed by atoms with E-state index < -0.39 is 6.36 Å². The molecule has 0 saturated heterocycles. The number of ether oxygens (including phenoxy) is 1. The van der Waals surface area contributed by atoms with Crippen LogP contribution in [0.5, 0.6) is 5.75 Å². The average Bonchev–Trinajstić information content (AvgIpc) is 2.72. The summed E-state index contributed by atoms with van der Waals surface area (Å²) in [6.07, 6.45) is -4.23. The number of pyridine rings is 1. The van der Waals surface area contributed by atoms with Gasteiger partial charge in [0, 0.05) is 16.7 Å². The number of alkyl halides is 3. The molecular formula is C23H15ClF3NO3. The molecule has 0 saturated carbocycles. The Hall–Kier alpha value is -3.45. The van der Waals surface area contributed by atoms with Gasteiger partial charge in [0.05, 0.1) is 16.6 Å². The lowest BCUT2D eigenvalue weighted by Gasteiger charge is -2.12. The molecule has 0 aliphatic rings. The topological polar surface area (TPSA) is 51.5 Å². The van der Waals surface area contributed by atoms with Crippen molar-refractivity contribution in [2.24, 2.45) is 0 Å². The van der Waals surface area contributed by atoms with Crippen molar-refractivity contribution in [2.75, 3.05) is 0 Å². The zero-order chi connectivity index (χ0) is 22.2. The van der Waals surface area contributed by atoms with Gasteiger partial charge >= 0.3 is 6.36 Å². The predicted octanol–water partition coefficient (Wildman–Crippen LogP) is 6.05. The van der Waals surface area contributed by atoms with Gasteiger partial charge < -0.3 is 9.94 Å². The maximum absolute atomic E-state index is 12.4. The molecule has 158 valence electrons. The third-order valence-corrected chi connectivity index (χ3v) is 5.00. The van der Waals surface area contributed by atoms with E-state index in [4.69, 9.17) is 11.6 Å². The van der Waals surface area contributed by atoms with Crippen LogP contribution in [0, 0.1) is 0 Å². The number of aromatic nitrogens is 1. The Labute approximate surface area is 179 Å². The zero-order valence-electron chi connectivity index (χ0n) is 15.9. The van der Waals surface area contributed by atoms with E-state index in [-0.39, 0.29) is 11.2 Å². The molecule has 8 heteroatoms. The van der Waals surface area contributed by atoms with E-state index in [0.29, 0.717) is 33.6 Å². The molecule has 4 rings (SSSR count). The van der Waals surface area contributed by atoms with Crippen LogP contribution in [-0.4, -0.2) is 16.3 Å². The lowest BCUT2D eigenvalue weighted by Crippen LogP contribution is -2.17. The van der Waals surface area contributed by atoms with Crippen molar-refractivity contribution < 1.29 is 23.1 Å². The average molecular weight is 446 g/mol. The van der Waals surface area contributed by atoms with Crippen LogP contribution in [0.1, 0.15) is 11.1 Å². The van der Waals surface area contributed by atoms with Crippen LogP contribution in [0.15, 0.2) is 77.6 Å². The summed E-state index contributed by atoms with van der Waals surface area (Å²) >= 11 is 5.93. The summed E-state index contributed by atoms with van der Waals surface area (Å²) in [5, 5.41) is 11.3. The molecule has 4 aromatic rings. The van der Waals surface area contributed by atoms with Gasteiger partial charge in [-0.2, -0.15) is 4.73 Å². The first kappa shape index (κ1) is 20.8. The molecule has 0 amide bonds. The molecule has 4 nitrogen and oxygen atoms in total. The summed E-state index contributed by atoms with van der Waals surface area (Å²) in [5.74, 6) is -0.273. The number of hydrogen-bond acceptors (Lipinski definition) is 3. The number of hydrogen-bond donors (Lipinski definition) is 1. The quantitative estimate of drug-likeness (QED) is 0.389. The Morgan fingerprint density at radius 2 is 1.52 bits per heavy atom. The molecule has 31 heavy (non-hydrogen) atoms. The molecule has 3 aromatic carbocycles. The van der Waals surface area contributed by atoms with Crippen LogP contribution in [0.3, 0.4) is 0 Å². The fourth-order valence-electron chi connectivity index (χ4n) is 3.33. The molecule has 0 spiro atoms. The Morgan fingerprint density at radius 3 is 2.13 bits per heavy atom. The third-order valence-electron chi connectivity index (χ3n) is 4.76. The second-order valence-corrected chi connectivity index (χ2v) is 7.37. The highest BCUT2D eigenvalue weighted by Gasteiger charge is 2.30. The van der Waals surface area contributed by atoms with Crippen molar-refractivity contribution in [3.05, 3.63) is 99.2 Å². The van der Waals surface area contributed by atoms with Crippen LogP contribution >= 0.6 is 11.6 Å². The second kappa shape index (κ2) is 8.00. The van der Waals surface area contributed by atoms with Gasteiger partial charge in [-0.3, -0.25) is 4.79 Å². The van der Waals surface area contributed by atoms with Crippen LogP contribution < -0.4 is 10.2 Å². The first-order chi connectivity index (χ1) is 14.7. The van der Waals surface area contributed by atoms with Gasteiger partial charge in [-0.25, -0.2) is 0 Å². The monoisotopic (exact) mass is 445 g/mol. The molecular weight excluding hydrogens is 431 g/mol. The summed E-state index contributed by atoms with van der Waals surface area (Å²) in [5.41, 5.74) is 2.77. The van der Waals surface area contributed by atoms with Crippen molar-refractivity contribution in [1.82, 2.24) is 4.73 Å². The van der Waals surface area contributed by atoms with E-state index in [2.05, 4.69) is 4.74 Å². The highest BCUT2D eigenvalue weighted by molar-refractivity contribution is 6.31. The summed E-state index contributed by atoms with van der Waals surface area (Å²) in [6, 6.07) is 18.8. The van der Waals surface area contributed by atoms with Gasteiger partial charge in [0.15, 0.2) is 5.43 Å². The summed E-state index contributed by atoms with van der Waals surface area (Å²) in [4.78, 5) is 12.4. The minimum absolute atomic E-state index is 0.261. The van der Waals surface area contributed by atoms with Crippen molar-refractivity contribution in [3.63, 3.8) is 0 Å². The van der Waals surface area contributed by atoms with Gasteiger partial charge in [-0.05, 0) is 47.9 Å². The standard InChI is InChI=1S/C23H15ClF3NO3/c24-17-7-10-20-19(12-17)22(29)13-21(28(20)30)16-5-1-14(2-6-16)11-15-3-8-18(9-4-15)31-23(25,26)27/h1-10,12-13,30H,11H2. The van der Waals surface area contributed by atoms with Crippen LogP contribution in [0.2, 0.25) is 5.02 Å². The molecule has 1 aromatic heterocycles. The Bertz CT molecular complexity index is 1300. The number of halogens is 4. The molecule has 0 aliphatic carbocycles. The Balaban J connectivity index is 1.57. The zero-order valence-corrected chi connectivity index (χ0v) is 16.6. The Morgan fingerprint density at radius 1 is 0.903 bits per heavy atom. The highest BCUT2D eigenvalue weighted by atomic mass is 35.5. The largest absolute Gasteiger partial charge is 0.573 e. The van der Waals surface area contributed by atoms with Crippen molar-refractivity contribution in [2.45, 2.75) is 12.8 Å². The van der Waals surface area contributed by atoms with Gasteiger partial charge in [0.2, 0.25) is 0 Å². The van der Waals surface area contributed by atoms with E-state index in [9.17, 15) is 23.2 Å². The van der Waals surface area contributed by atoms with Gasteiger partial charge in [-0.1, -0.05) is 48.0 Å². The minimum atomic E-state index is -4.72. The maximum Gasteiger partial charge on any atom is 0.573 e. The van der Waals surface area contributed by atoms with E-state index in [0.717, 1.165) is 15.9 Å². The van der Waals surface area contributed by atoms with E-state index in [1.54, 1.807) is 36.4 Å². The lowest BCUT2D eigenvalue weighted by molar-refractivity contribution is -0.274. The van der Waals surface area contributed by atoms with Crippen molar-refractivity contribution in [1.29, 1.82) is 0 Å². The second-order valence-electron chi connectivity index (χ2n) is 6.93. The lowest BCUT2D eigenvalue weighted by atomic mass is 10.0. The molecule has 0 fully saturated rings. The number of fused-ring (bicyclic) bond motifs is 1. The highest BCUT2D eigenvalue weighted by Crippen LogP contribution is 2.26. The van der Waals surface area contributed by atoms with Gasteiger partial charge in [0.1, 0.15) is 5.75 Å². The van der Waals surface area contributed by atoms with Crippen molar-refractivity contribution >= 4 is 22.5 Å². The van der Waals surface area contributed by atoms with E-state index in [1.165, 1.54) is 24.3 Å². The van der Waals surface area contributed by atoms with E-state index in [1.807, 2.05) is 12.1 Å². The molecule has 0 atom stereocenters. The normalized spacial score (nSPS) is 11.6. The SMILES string of the molecule is O=c1cc(-c2ccc(Cc3ccc(OC(F)(F)F)cc3)cc2)n(O)c2ccc(Cl)cc12. The Kier molecular flexibility index (Phi) is 5.37. The maximum atomic E-state index is 12.4. The van der Waals surface area contributed by atoms with Gasteiger partial charge in [0.25, 0.3) is 0 Å². The predicted molar refractivity (Wildman–Crippen MR) is 112 cm³/mol. The minimum Gasteiger partial charge on any atom is -0.428 e. The van der Waals surface area contributed by atoms with Crippen LogP contribution in [0.4, 0.5) is 13.2 Å². The summed E-state index contributed by atoms with van der Waals surface area (Å²) in [7, 11) is 0. The van der Waals surface area contributed by atoms with Crippen LogP contribution in [-0.2, 0) is 6.42 Å². The van der Waals surface area contributed by atoms with Crippen LogP contribution in [0.25, 0.3) is 22.2 Å². The molecule has 0 radical (unpaired) electrons. The third kappa shape index (κ3) is 4.67. The number of rotatable bonds is 4. The summed E-state index contributed by atoms with van der Waals surface area (Å²) < 4.78 is 41.6.